The number of fused-ring (bicyclic) bond motifs is 1. The zero-order valence-electron chi connectivity index (χ0n) is 18.3. The van der Waals surface area contributed by atoms with Crippen LogP contribution in [0.25, 0.3) is 10.9 Å². The van der Waals surface area contributed by atoms with Gasteiger partial charge in [0.25, 0.3) is 5.56 Å². The van der Waals surface area contributed by atoms with Crippen molar-refractivity contribution in [2.24, 2.45) is 0 Å². The molecule has 0 unspecified atom stereocenters. The average Bonchev–Trinajstić information content (AvgIpc) is 3.32. The maximum absolute atomic E-state index is 12.9. The van der Waals surface area contributed by atoms with Crippen molar-refractivity contribution in [2.75, 3.05) is 12.4 Å². The highest BCUT2D eigenvalue weighted by Crippen LogP contribution is 2.27. The van der Waals surface area contributed by atoms with E-state index in [4.69, 9.17) is 17.0 Å². The molecule has 0 atom stereocenters. The molecule has 4 rings (SSSR count). The Hall–Kier alpha value is -3.19. The molecule has 0 amide bonds. The molecule has 7 heteroatoms. The predicted molar refractivity (Wildman–Crippen MR) is 131 cm³/mol. The monoisotopic (exact) mass is 449 g/mol. The van der Waals surface area contributed by atoms with Crippen LogP contribution in [0.5, 0.6) is 0 Å². The molecule has 0 saturated heterocycles. The summed E-state index contributed by atoms with van der Waals surface area (Å²) in [6, 6.07) is 15.3. The van der Waals surface area contributed by atoms with Crippen LogP contribution in [-0.2, 0) is 11.3 Å². The van der Waals surface area contributed by atoms with Crippen molar-refractivity contribution in [1.29, 1.82) is 0 Å². The molecule has 1 aliphatic carbocycles. The lowest BCUT2D eigenvalue weighted by Gasteiger charge is -2.32. The quantitative estimate of drug-likeness (QED) is 0.432. The number of hydrogen-bond donors (Lipinski definition) is 2. The number of carbonyl (C=O) groups is 1. The summed E-state index contributed by atoms with van der Waals surface area (Å²) in [5.74, 6) is -0.426. The van der Waals surface area contributed by atoms with Crippen molar-refractivity contribution >= 4 is 39.9 Å². The van der Waals surface area contributed by atoms with Crippen LogP contribution in [0.3, 0.4) is 0 Å². The molecular formula is C25H27N3O3S. The maximum Gasteiger partial charge on any atom is 0.339 e. The first-order valence-corrected chi connectivity index (χ1v) is 11.2. The molecule has 2 aromatic carbocycles. The average molecular weight is 450 g/mol. The molecule has 166 valence electrons. The lowest BCUT2D eigenvalue weighted by Crippen LogP contribution is -2.42. The van der Waals surface area contributed by atoms with Gasteiger partial charge < -0.3 is 19.9 Å². The van der Waals surface area contributed by atoms with E-state index in [1.807, 2.05) is 37.3 Å². The minimum Gasteiger partial charge on any atom is -0.465 e. The number of nitrogens with one attached hydrogen (secondary N) is 2. The predicted octanol–water partition coefficient (Wildman–Crippen LogP) is 4.76. The van der Waals surface area contributed by atoms with Gasteiger partial charge in [-0.25, -0.2) is 4.79 Å². The highest BCUT2D eigenvalue weighted by Gasteiger charge is 2.26. The Bertz CT molecular complexity index is 1210. The van der Waals surface area contributed by atoms with Gasteiger partial charge >= 0.3 is 5.97 Å². The molecule has 1 fully saturated rings. The van der Waals surface area contributed by atoms with E-state index in [1.165, 1.54) is 7.11 Å². The molecule has 0 radical (unpaired) electrons. The highest BCUT2D eigenvalue weighted by atomic mass is 32.1. The molecule has 32 heavy (non-hydrogen) atoms. The summed E-state index contributed by atoms with van der Waals surface area (Å²) in [4.78, 5) is 30.2. The number of rotatable bonds is 5. The Kier molecular flexibility index (Phi) is 6.55. The number of H-pyrrole nitrogens is 1. The fourth-order valence-corrected chi connectivity index (χ4v) is 4.70. The summed E-state index contributed by atoms with van der Waals surface area (Å²) in [6.45, 7) is 2.39. The van der Waals surface area contributed by atoms with Crippen molar-refractivity contribution in [2.45, 2.75) is 45.2 Å². The minimum absolute atomic E-state index is 0.104. The van der Waals surface area contributed by atoms with Crippen molar-refractivity contribution in [1.82, 2.24) is 9.88 Å². The molecule has 1 heterocycles. The third kappa shape index (κ3) is 4.53. The van der Waals surface area contributed by atoms with Crippen LogP contribution >= 0.6 is 12.2 Å². The molecule has 0 bridgehead atoms. The van der Waals surface area contributed by atoms with E-state index in [-0.39, 0.29) is 11.6 Å². The molecule has 1 aromatic heterocycles. The van der Waals surface area contributed by atoms with Crippen molar-refractivity contribution < 1.29 is 9.53 Å². The third-order valence-corrected chi connectivity index (χ3v) is 6.44. The van der Waals surface area contributed by atoms with Crippen LogP contribution in [0.4, 0.5) is 5.69 Å². The number of thiocarbonyl (C=S) groups is 1. The molecule has 3 aromatic rings. The largest absolute Gasteiger partial charge is 0.465 e. The van der Waals surface area contributed by atoms with E-state index < -0.39 is 5.97 Å². The number of aryl methyl sites for hydroxylation is 1. The Morgan fingerprint density at radius 1 is 1.19 bits per heavy atom. The van der Waals surface area contributed by atoms with Gasteiger partial charge in [0.05, 0.1) is 30.4 Å². The fourth-order valence-electron chi connectivity index (χ4n) is 4.38. The Morgan fingerprint density at radius 2 is 1.94 bits per heavy atom. The van der Waals surface area contributed by atoms with Crippen molar-refractivity contribution in [3.8, 4) is 0 Å². The minimum atomic E-state index is -0.426. The number of carbonyl (C=O) groups excluding carboxylic acids is 1. The smallest absolute Gasteiger partial charge is 0.339 e. The lowest BCUT2D eigenvalue weighted by molar-refractivity contribution is 0.0602. The molecular weight excluding hydrogens is 422 g/mol. The molecule has 2 N–H and O–H groups in total. The van der Waals surface area contributed by atoms with Crippen molar-refractivity contribution in [3.05, 3.63) is 75.6 Å². The van der Waals surface area contributed by atoms with E-state index >= 15 is 0 Å². The SMILES string of the molecule is COC(=O)c1ccccc1NC(=S)N(Cc1cc2cccc(C)c2[nH]c1=O)C1CCCC1. The van der Waals surface area contributed by atoms with Crippen LogP contribution in [0.15, 0.2) is 53.3 Å². The molecule has 0 aliphatic heterocycles. The number of anilines is 1. The molecule has 1 saturated carbocycles. The number of nitrogens with zero attached hydrogens (tertiary/aromatic N) is 1. The summed E-state index contributed by atoms with van der Waals surface area (Å²) in [5.41, 5.74) is 3.47. The summed E-state index contributed by atoms with van der Waals surface area (Å²) in [6.07, 6.45) is 4.31. The van der Waals surface area contributed by atoms with Gasteiger partial charge in [0.2, 0.25) is 0 Å². The normalized spacial score (nSPS) is 13.8. The van der Waals surface area contributed by atoms with Gasteiger partial charge in [0.1, 0.15) is 0 Å². The second-order valence-corrected chi connectivity index (χ2v) is 8.58. The number of para-hydroxylation sites is 2. The number of esters is 1. The van der Waals surface area contributed by atoms with E-state index in [0.717, 1.165) is 42.1 Å². The Morgan fingerprint density at radius 3 is 2.69 bits per heavy atom. The zero-order chi connectivity index (χ0) is 22.7. The van der Waals surface area contributed by atoms with E-state index in [2.05, 4.69) is 15.2 Å². The van der Waals surface area contributed by atoms with Crippen LogP contribution in [-0.4, -0.2) is 34.1 Å². The zero-order valence-corrected chi connectivity index (χ0v) is 19.1. The second-order valence-electron chi connectivity index (χ2n) is 8.20. The molecule has 0 spiro atoms. The van der Waals surface area contributed by atoms with E-state index in [1.54, 1.807) is 18.2 Å². The van der Waals surface area contributed by atoms with Crippen LogP contribution in [0.2, 0.25) is 0 Å². The molecule has 1 aliphatic rings. The second kappa shape index (κ2) is 9.53. The number of aromatic nitrogens is 1. The van der Waals surface area contributed by atoms with E-state index in [9.17, 15) is 9.59 Å². The summed E-state index contributed by atoms with van der Waals surface area (Å²) >= 11 is 5.79. The topological polar surface area (TPSA) is 74.4 Å². The summed E-state index contributed by atoms with van der Waals surface area (Å²) in [5, 5.41) is 4.73. The number of ether oxygens (including phenoxy) is 1. The van der Waals surface area contributed by atoms with Gasteiger partial charge in [0, 0.05) is 11.6 Å². The van der Waals surface area contributed by atoms with Gasteiger partial charge in [-0.1, -0.05) is 43.2 Å². The highest BCUT2D eigenvalue weighted by molar-refractivity contribution is 7.80. The number of hydrogen-bond acceptors (Lipinski definition) is 4. The summed E-state index contributed by atoms with van der Waals surface area (Å²) < 4.78 is 4.90. The van der Waals surface area contributed by atoms with Crippen LogP contribution < -0.4 is 10.9 Å². The fraction of sp³-hybridized carbons (Fsp3) is 0.320. The van der Waals surface area contributed by atoms with Gasteiger partial charge in [-0.3, -0.25) is 4.79 Å². The van der Waals surface area contributed by atoms with Crippen LogP contribution in [0, 0.1) is 6.92 Å². The maximum atomic E-state index is 12.9. The van der Waals surface area contributed by atoms with Gasteiger partial charge in [-0.15, -0.1) is 0 Å². The summed E-state index contributed by atoms with van der Waals surface area (Å²) in [7, 11) is 1.36. The number of benzene rings is 2. The number of pyridine rings is 1. The lowest BCUT2D eigenvalue weighted by atomic mass is 10.1. The standard InChI is InChI=1S/C25H27N3O3S/c1-16-8-7-9-17-14-18(23(29)27-22(16)17)15-28(19-10-3-4-11-19)25(32)26-21-13-6-5-12-20(21)24(30)31-2/h5-9,12-14,19H,3-4,10-11,15H2,1-2H3,(H,26,32)(H,27,29). The molecule has 6 nitrogen and oxygen atoms in total. The number of aromatic amines is 1. The van der Waals surface area contributed by atoms with E-state index in [0.29, 0.717) is 28.5 Å². The Balaban J connectivity index is 1.65. The number of methoxy groups -OCH3 is 1. The first-order chi connectivity index (χ1) is 15.5. The van der Waals surface area contributed by atoms with Crippen molar-refractivity contribution in [3.63, 3.8) is 0 Å². The van der Waals surface area contributed by atoms with Gasteiger partial charge in [0.15, 0.2) is 5.11 Å². The first kappa shape index (κ1) is 22.0. The van der Waals surface area contributed by atoms with Crippen LogP contribution in [0.1, 0.15) is 47.2 Å². The third-order valence-electron chi connectivity index (χ3n) is 6.11. The Labute approximate surface area is 192 Å². The first-order valence-electron chi connectivity index (χ1n) is 10.8. The van der Waals surface area contributed by atoms with Gasteiger partial charge in [-0.05, 0) is 61.1 Å². The van der Waals surface area contributed by atoms with Gasteiger partial charge in [-0.2, -0.15) is 0 Å².